The van der Waals surface area contributed by atoms with Crippen LogP contribution < -0.4 is 9.80 Å². The lowest BCUT2D eigenvalue weighted by atomic mass is 10.2. The number of carbonyl (C=O) groups is 1. The third-order valence-electron chi connectivity index (χ3n) is 4.92. The third kappa shape index (κ3) is 4.48. The normalized spacial score (nSPS) is 19.9. The average Bonchev–Trinajstić information content (AvgIpc) is 3.28. The van der Waals surface area contributed by atoms with E-state index in [1.165, 1.54) is 11.0 Å². The number of rotatable bonds is 6. The summed E-state index contributed by atoms with van der Waals surface area (Å²) in [5.74, 6) is -0.356. The first-order valence-corrected chi connectivity index (χ1v) is 9.64. The predicted molar refractivity (Wildman–Crippen MR) is 104 cm³/mol. The third-order valence-corrected chi connectivity index (χ3v) is 4.92. The number of cyclic esters (lactones) is 1. The van der Waals surface area contributed by atoms with Crippen LogP contribution in [0.15, 0.2) is 24.4 Å². The van der Waals surface area contributed by atoms with Crippen LogP contribution in [-0.2, 0) is 22.6 Å². The number of nitrogens with zero attached hydrogens (tertiary/aromatic N) is 6. The van der Waals surface area contributed by atoms with Crippen LogP contribution in [-0.4, -0.2) is 79.0 Å². The van der Waals surface area contributed by atoms with E-state index in [0.29, 0.717) is 57.3 Å². The maximum atomic E-state index is 14.7. The second kappa shape index (κ2) is 8.34. The molecule has 156 valence electrons. The molecule has 0 N–H and O–H groups in total. The highest BCUT2D eigenvalue weighted by molar-refractivity contribution is 5.90. The molecule has 1 aromatic carbocycles. The van der Waals surface area contributed by atoms with Crippen molar-refractivity contribution in [2.24, 2.45) is 0 Å². The Bertz CT molecular complexity index is 867. The predicted octanol–water partition coefficient (Wildman–Crippen LogP) is 1.34. The summed E-state index contributed by atoms with van der Waals surface area (Å²) >= 11 is 0. The highest BCUT2D eigenvalue weighted by Crippen LogP contribution is 2.28. The highest BCUT2D eigenvalue weighted by atomic mass is 19.1. The molecule has 0 aliphatic carbocycles. The number of ether oxygens (including phenoxy) is 2. The fourth-order valence-corrected chi connectivity index (χ4v) is 3.58. The van der Waals surface area contributed by atoms with E-state index >= 15 is 0 Å². The molecule has 0 radical (unpaired) electrons. The van der Waals surface area contributed by atoms with Gasteiger partial charge in [0.2, 0.25) is 0 Å². The number of hydrogen-bond donors (Lipinski definition) is 0. The summed E-state index contributed by atoms with van der Waals surface area (Å²) in [4.78, 5) is 17.7. The summed E-state index contributed by atoms with van der Waals surface area (Å²) in [6.07, 6.45) is 0.980. The minimum atomic E-state index is -0.484. The van der Waals surface area contributed by atoms with Crippen LogP contribution in [0.25, 0.3) is 0 Å². The van der Waals surface area contributed by atoms with Gasteiger partial charge >= 0.3 is 6.09 Å². The van der Waals surface area contributed by atoms with Crippen LogP contribution in [0.1, 0.15) is 5.69 Å². The van der Waals surface area contributed by atoms with Gasteiger partial charge in [-0.25, -0.2) is 13.9 Å². The van der Waals surface area contributed by atoms with E-state index in [0.717, 1.165) is 5.69 Å². The fraction of sp³-hybridized carbons (Fsp3) is 0.526. The second-order valence-electron chi connectivity index (χ2n) is 7.52. The minimum absolute atomic E-state index is 0.331. The molecule has 4 rings (SSSR count). The molecule has 2 aromatic rings. The Morgan fingerprint density at radius 1 is 1.28 bits per heavy atom. The molecule has 1 atom stereocenters. The number of morpholine rings is 1. The molecule has 2 aliphatic rings. The molecule has 2 fully saturated rings. The van der Waals surface area contributed by atoms with Crippen molar-refractivity contribution in [3.8, 4) is 0 Å². The van der Waals surface area contributed by atoms with Gasteiger partial charge in [-0.15, -0.1) is 5.10 Å². The molecular formula is C19H25FN6O3. The van der Waals surface area contributed by atoms with Gasteiger partial charge in [-0.3, -0.25) is 4.90 Å². The van der Waals surface area contributed by atoms with Crippen molar-refractivity contribution in [2.75, 3.05) is 56.7 Å². The summed E-state index contributed by atoms with van der Waals surface area (Å²) in [5.41, 5.74) is 1.85. The number of anilines is 2. The number of hydrogen-bond acceptors (Lipinski definition) is 7. The molecule has 0 saturated carbocycles. The van der Waals surface area contributed by atoms with Gasteiger partial charge in [-0.2, -0.15) is 0 Å². The van der Waals surface area contributed by atoms with Gasteiger partial charge in [0, 0.05) is 25.8 Å². The largest absolute Gasteiger partial charge is 0.442 e. The zero-order chi connectivity index (χ0) is 20.4. The van der Waals surface area contributed by atoms with Gasteiger partial charge in [0.15, 0.2) is 0 Å². The summed E-state index contributed by atoms with van der Waals surface area (Å²) in [6, 6.07) is 4.85. The van der Waals surface area contributed by atoms with Crippen LogP contribution in [0.2, 0.25) is 0 Å². The van der Waals surface area contributed by atoms with E-state index in [1.54, 1.807) is 16.8 Å². The van der Waals surface area contributed by atoms with Crippen molar-refractivity contribution in [3.05, 3.63) is 35.9 Å². The number of halogens is 1. The molecule has 2 aliphatic heterocycles. The van der Waals surface area contributed by atoms with Crippen molar-refractivity contribution < 1.29 is 18.7 Å². The first-order chi connectivity index (χ1) is 14.0. The van der Waals surface area contributed by atoms with E-state index in [2.05, 4.69) is 10.3 Å². The topological polar surface area (TPSA) is 76.0 Å². The van der Waals surface area contributed by atoms with Crippen molar-refractivity contribution in [2.45, 2.75) is 19.2 Å². The van der Waals surface area contributed by atoms with Gasteiger partial charge in [-0.1, -0.05) is 5.21 Å². The first-order valence-electron chi connectivity index (χ1n) is 9.64. The quantitative estimate of drug-likeness (QED) is 0.719. The zero-order valence-corrected chi connectivity index (χ0v) is 16.6. The average molecular weight is 404 g/mol. The van der Waals surface area contributed by atoms with Crippen LogP contribution in [0.5, 0.6) is 0 Å². The molecule has 0 spiro atoms. The molecule has 9 nitrogen and oxygen atoms in total. The Kier molecular flexibility index (Phi) is 5.63. The molecule has 0 unspecified atom stereocenters. The maximum absolute atomic E-state index is 14.7. The van der Waals surface area contributed by atoms with E-state index in [1.807, 2.05) is 30.1 Å². The Morgan fingerprint density at radius 2 is 2.07 bits per heavy atom. The van der Waals surface area contributed by atoms with Gasteiger partial charge in [0.25, 0.3) is 0 Å². The zero-order valence-electron chi connectivity index (χ0n) is 16.6. The summed E-state index contributed by atoms with van der Waals surface area (Å²) < 4.78 is 27.1. The summed E-state index contributed by atoms with van der Waals surface area (Å²) in [7, 11) is 3.91. The van der Waals surface area contributed by atoms with Crippen molar-refractivity contribution in [1.82, 2.24) is 19.9 Å². The Balaban J connectivity index is 1.41. The first kappa shape index (κ1) is 19.6. The van der Waals surface area contributed by atoms with E-state index in [4.69, 9.17) is 9.47 Å². The van der Waals surface area contributed by atoms with Crippen molar-refractivity contribution in [3.63, 3.8) is 0 Å². The maximum Gasteiger partial charge on any atom is 0.414 e. The highest BCUT2D eigenvalue weighted by Gasteiger charge is 2.33. The van der Waals surface area contributed by atoms with E-state index in [9.17, 15) is 9.18 Å². The number of amides is 1. The van der Waals surface area contributed by atoms with Crippen LogP contribution >= 0.6 is 0 Å². The summed E-state index contributed by atoms with van der Waals surface area (Å²) in [6.45, 7) is 3.88. The van der Waals surface area contributed by atoms with Gasteiger partial charge < -0.3 is 19.3 Å². The van der Waals surface area contributed by atoms with Crippen molar-refractivity contribution >= 4 is 17.5 Å². The molecule has 29 heavy (non-hydrogen) atoms. The monoisotopic (exact) mass is 404 g/mol. The standard InChI is InChI=1S/C19H25FN6O3/c1-23(2)10-14-11-25(22-21-14)12-16-13-26(19(27)29-16)15-3-4-18(17(20)9-15)24-5-7-28-8-6-24/h3-4,9,11,16H,5-8,10,12-13H2,1-2H3/t16-/m0/s1. The molecule has 0 bridgehead atoms. The van der Waals surface area contributed by atoms with Gasteiger partial charge in [-0.05, 0) is 32.3 Å². The minimum Gasteiger partial charge on any atom is -0.442 e. The lowest BCUT2D eigenvalue weighted by Crippen LogP contribution is -2.36. The number of aromatic nitrogens is 3. The fourth-order valence-electron chi connectivity index (χ4n) is 3.58. The Hall–Kier alpha value is -2.72. The summed E-state index contributed by atoms with van der Waals surface area (Å²) in [5, 5.41) is 8.20. The number of benzene rings is 1. The van der Waals surface area contributed by atoms with E-state index < -0.39 is 6.09 Å². The van der Waals surface area contributed by atoms with Gasteiger partial charge in [0.05, 0.1) is 43.4 Å². The molecule has 2 saturated heterocycles. The Labute approximate surface area is 168 Å². The van der Waals surface area contributed by atoms with Gasteiger partial charge in [0.1, 0.15) is 11.9 Å². The lowest BCUT2D eigenvalue weighted by molar-refractivity contribution is 0.122. The lowest BCUT2D eigenvalue weighted by Gasteiger charge is -2.29. The second-order valence-corrected chi connectivity index (χ2v) is 7.52. The smallest absolute Gasteiger partial charge is 0.414 e. The van der Waals surface area contributed by atoms with Crippen molar-refractivity contribution in [1.29, 1.82) is 0 Å². The SMILES string of the molecule is CN(C)Cc1cn(C[C@H]2CN(c3ccc(N4CCOCC4)c(F)c3)C(=O)O2)nn1. The van der Waals surface area contributed by atoms with Crippen LogP contribution in [0, 0.1) is 5.82 Å². The van der Waals surface area contributed by atoms with Crippen LogP contribution in [0.3, 0.4) is 0 Å². The van der Waals surface area contributed by atoms with Crippen LogP contribution in [0.4, 0.5) is 20.6 Å². The van der Waals surface area contributed by atoms with E-state index in [-0.39, 0.29) is 11.9 Å². The molecular weight excluding hydrogens is 379 g/mol. The Morgan fingerprint density at radius 3 is 2.79 bits per heavy atom. The molecule has 10 heteroatoms. The molecule has 1 aromatic heterocycles. The molecule has 3 heterocycles. The molecule has 1 amide bonds. The number of carbonyl (C=O) groups excluding carboxylic acids is 1.